The van der Waals surface area contributed by atoms with Crippen molar-refractivity contribution in [1.29, 1.82) is 0 Å². The average molecular weight is 449 g/mol. The maximum absolute atomic E-state index is 12.5. The van der Waals surface area contributed by atoms with Gasteiger partial charge in [0.25, 0.3) is 0 Å². The smallest absolute Gasteiger partial charge is 0.362 e. The Labute approximate surface area is 187 Å². The summed E-state index contributed by atoms with van der Waals surface area (Å²) >= 11 is 12.5. The number of ether oxygens (including phenoxy) is 2. The molecular formula is C23H26Cl2N2O3. The molecule has 160 valence electrons. The Balaban J connectivity index is 2.58. The van der Waals surface area contributed by atoms with Gasteiger partial charge in [-0.2, -0.15) is 5.10 Å². The molecule has 7 heteroatoms. The van der Waals surface area contributed by atoms with Crippen LogP contribution in [0.2, 0.25) is 5.02 Å². The topological polar surface area (TPSA) is 53.4 Å². The second-order valence-corrected chi connectivity index (χ2v) is 7.68. The van der Waals surface area contributed by atoms with Gasteiger partial charge < -0.3 is 9.47 Å². The number of nitrogens with zero attached hydrogens (tertiary/aromatic N) is 2. The monoisotopic (exact) mass is 448 g/mol. The number of allylic oxidation sites excluding steroid dienone is 4. The van der Waals surface area contributed by atoms with Gasteiger partial charge in [0.15, 0.2) is 5.75 Å². The van der Waals surface area contributed by atoms with Crippen molar-refractivity contribution in [3.8, 4) is 17.0 Å². The van der Waals surface area contributed by atoms with Crippen molar-refractivity contribution >= 4 is 29.2 Å². The molecule has 5 nitrogen and oxygen atoms in total. The Kier molecular flexibility index (Phi) is 9.21. The molecule has 0 aliphatic carbocycles. The van der Waals surface area contributed by atoms with Gasteiger partial charge in [0.2, 0.25) is 5.69 Å². The Hall–Kier alpha value is -2.50. The first-order chi connectivity index (χ1) is 14.4. The Morgan fingerprint density at radius 2 is 2.00 bits per heavy atom. The number of hydrogen-bond acceptors (Lipinski definition) is 4. The fraction of sp³-hybridized carbons (Fsp3) is 0.304. The first kappa shape index (κ1) is 23.8. The molecule has 0 fully saturated rings. The van der Waals surface area contributed by atoms with Crippen LogP contribution in [0.25, 0.3) is 11.3 Å². The normalized spacial score (nSPS) is 11.9. The third-order valence-electron chi connectivity index (χ3n) is 3.91. The fourth-order valence-corrected chi connectivity index (χ4v) is 2.95. The number of benzene rings is 1. The zero-order chi connectivity index (χ0) is 22.1. The van der Waals surface area contributed by atoms with E-state index < -0.39 is 5.97 Å². The lowest BCUT2D eigenvalue weighted by Crippen LogP contribution is -2.09. The van der Waals surface area contributed by atoms with Crippen LogP contribution in [0.5, 0.6) is 5.75 Å². The van der Waals surface area contributed by atoms with E-state index in [0.717, 1.165) is 5.56 Å². The van der Waals surface area contributed by atoms with E-state index in [2.05, 4.69) is 25.5 Å². The molecule has 0 saturated carbocycles. The lowest BCUT2D eigenvalue weighted by Gasteiger charge is -2.10. The van der Waals surface area contributed by atoms with E-state index in [0.29, 0.717) is 27.4 Å². The van der Waals surface area contributed by atoms with Gasteiger partial charge in [-0.15, -0.1) is 0 Å². The van der Waals surface area contributed by atoms with Crippen molar-refractivity contribution in [3.05, 3.63) is 70.9 Å². The first-order valence-corrected chi connectivity index (χ1v) is 10.4. The highest BCUT2D eigenvalue weighted by Gasteiger charge is 2.27. The lowest BCUT2D eigenvalue weighted by molar-refractivity contribution is 0.0514. The quantitative estimate of drug-likeness (QED) is 0.243. The molecule has 1 aromatic heterocycles. The van der Waals surface area contributed by atoms with Crippen LogP contribution in [0.15, 0.2) is 60.2 Å². The van der Waals surface area contributed by atoms with Crippen LogP contribution in [0, 0.1) is 5.92 Å². The van der Waals surface area contributed by atoms with Crippen LogP contribution >= 0.6 is 23.2 Å². The number of esters is 1. The maximum atomic E-state index is 12.5. The number of hydrogen-bond donors (Lipinski definition) is 0. The highest BCUT2D eigenvalue weighted by molar-refractivity contribution is 6.30. The molecule has 0 aliphatic heterocycles. The van der Waals surface area contributed by atoms with E-state index in [1.165, 1.54) is 0 Å². The van der Waals surface area contributed by atoms with Crippen LogP contribution in [0.3, 0.4) is 0 Å². The van der Waals surface area contributed by atoms with Crippen molar-refractivity contribution < 1.29 is 14.3 Å². The first-order valence-electron chi connectivity index (χ1n) is 9.67. The Bertz CT molecular complexity index is 929. The number of aromatic nitrogens is 2. The molecule has 0 N–H and O–H groups in total. The van der Waals surface area contributed by atoms with Gasteiger partial charge in [0.05, 0.1) is 13.2 Å². The summed E-state index contributed by atoms with van der Waals surface area (Å²) in [4.78, 5) is 12.5. The number of halogens is 2. The summed E-state index contributed by atoms with van der Waals surface area (Å²) in [6.45, 7) is 10.3. The van der Waals surface area contributed by atoms with Crippen molar-refractivity contribution in [2.45, 2.75) is 27.3 Å². The van der Waals surface area contributed by atoms with Gasteiger partial charge in [0, 0.05) is 15.6 Å². The molecule has 2 rings (SSSR count). The van der Waals surface area contributed by atoms with Crippen molar-refractivity contribution in [3.63, 3.8) is 0 Å². The summed E-state index contributed by atoms with van der Waals surface area (Å²) in [6, 6.07) is 7.19. The second-order valence-electron chi connectivity index (χ2n) is 6.75. The largest absolute Gasteiger partial charge is 0.485 e. The van der Waals surface area contributed by atoms with Gasteiger partial charge in [-0.1, -0.05) is 74.0 Å². The molecule has 0 spiro atoms. The third kappa shape index (κ3) is 6.51. The predicted octanol–water partition coefficient (Wildman–Crippen LogP) is 6.28. The maximum Gasteiger partial charge on any atom is 0.362 e. The van der Waals surface area contributed by atoms with Crippen LogP contribution in [-0.4, -0.2) is 29.0 Å². The minimum absolute atomic E-state index is 0.0887. The molecule has 0 radical (unpaired) electrons. The zero-order valence-corrected chi connectivity index (χ0v) is 18.9. The van der Waals surface area contributed by atoms with E-state index >= 15 is 0 Å². The number of carbonyl (C=O) groups excluding carboxylic acids is 1. The van der Waals surface area contributed by atoms with Gasteiger partial charge in [-0.05, 0) is 31.1 Å². The highest BCUT2D eigenvalue weighted by atomic mass is 35.5. The fourth-order valence-electron chi connectivity index (χ4n) is 2.64. The van der Waals surface area contributed by atoms with Crippen LogP contribution in [0.1, 0.15) is 31.3 Å². The summed E-state index contributed by atoms with van der Waals surface area (Å²) in [5.74, 6) is 0.164. The van der Waals surface area contributed by atoms with E-state index in [1.807, 2.05) is 30.4 Å². The summed E-state index contributed by atoms with van der Waals surface area (Å²) in [6.07, 6.45) is 7.35. The Morgan fingerprint density at radius 1 is 1.30 bits per heavy atom. The summed E-state index contributed by atoms with van der Waals surface area (Å²) < 4.78 is 12.6. The standard InChI is InChI=1S/C23H26Cl2N2O3/c1-5-14-30-22-20(23(28)29-6-2)26-27(15-19(25)9-7-8-16(3)4)21(22)17-10-12-18(24)13-11-17/h5,7-13,16H,1,6,14-15H2,2-4H3/b8-7-,19-9+. The summed E-state index contributed by atoms with van der Waals surface area (Å²) in [5.41, 5.74) is 1.48. The minimum Gasteiger partial charge on any atom is -0.485 e. The predicted molar refractivity (Wildman–Crippen MR) is 122 cm³/mol. The highest BCUT2D eigenvalue weighted by Crippen LogP contribution is 2.35. The molecule has 1 aromatic carbocycles. The average Bonchev–Trinajstić information content (AvgIpc) is 3.05. The van der Waals surface area contributed by atoms with Crippen molar-refractivity contribution in [1.82, 2.24) is 9.78 Å². The zero-order valence-electron chi connectivity index (χ0n) is 17.4. The molecule has 2 aromatic rings. The molecular weight excluding hydrogens is 423 g/mol. The second kappa shape index (κ2) is 11.6. The third-order valence-corrected chi connectivity index (χ3v) is 4.41. The van der Waals surface area contributed by atoms with Gasteiger partial charge >= 0.3 is 5.97 Å². The minimum atomic E-state index is -0.565. The lowest BCUT2D eigenvalue weighted by atomic mass is 10.1. The molecule has 0 atom stereocenters. The van der Waals surface area contributed by atoms with Crippen LogP contribution < -0.4 is 4.74 Å². The van der Waals surface area contributed by atoms with Gasteiger partial charge in [-0.25, -0.2) is 4.79 Å². The van der Waals surface area contributed by atoms with Gasteiger partial charge in [-0.3, -0.25) is 4.68 Å². The van der Waals surface area contributed by atoms with Crippen molar-refractivity contribution in [2.24, 2.45) is 5.92 Å². The molecule has 0 saturated heterocycles. The van der Waals surface area contributed by atoms with Crippen molar-refractivity contribution in [2.75, 3.05) is 13.2 Å². The number of rotatable bonds is 10. The van der Waals surface area contributed by atoms with E-state index in [9.17, 15) is 4.79 Å². The van der Waals surface area contributed by atoms with E-state index in [-0.39, 0.29) is 25.5 Å². The number of carbonyl (C=O) groups is 1. The molecule has 1 heterocycles. The van der Waals surface area contributed by atoms with Crippen LogP contribution in [-0.2, 0) is 11.3 Å². The molecule has 0 aliphatic rings. The molecule has 30 heavy (non-hydrogen) atoms. The SMILES string of the molecule is C=CCOc1c(C(=O)OCC)nn(C/C(Cl)=C\C=C/C(C)C)c1-c1ccc(Cl)cc1. The van der Waals surface area contributed by atoms with E-state index in [4.69, 9.17) is 32.7 Å². The molecule has 0 unspecified atom stereocenters. The summed E-state index contributed by atoms with van der Waals surface area (Å²) in [5, 5.41) is 5.61. The summed E-state index contributed by atoms with van der Waals surface area (Å²) in [7, 11) is 0. The van der Waals surface area contributed by atoms with Crippen LogP contribution in [0.4, 0.5) is 0 Å². The molecule has 0 amide bonds. The molecule has 0 bridgehead atoms. The van der Waals surface area contributed by atoms with Gasteiger partial charge in [0.1, 0.15) is 12.3 Å². The van der Waals surface area contributed by atoms with E-state index in [1.54, 1.807) is 29.8 Å². The Morgan fingerprint density at radius 3 is 2.60 bits per heavy atom.